The van der Waals surface area contributed by atoms with E-state index < -0.39 is 0 Å². The number of hydrogen-bond acceptors (Lipinski definition) is 4. The van der Waals surface area contributed by atoms with Gasteiger partial charge in [0.25, 0.3) is 0 Å². The van der Waals surface area contributed by atoms with Crippen LogP contribution in [0.15, 0.2) is 0 Å². The molecule has 0 heterocycles. The first-order valence-corrected chi connectivity index (χ1v) is 4.58. The molecule has 0 saturated carbocycles. The minimum Gasteiger partial charge on any atom is -0.462 e. The van der Waals surface area contributed by atoms with Gasteiger partial charge in [-0.2, -0.15) is 0 Å². The summed E-state index contributed by atoms with van der Waals surface area (Å²) in [5.41, 5.74) is 0. The van der Waals surface area contributed by atoms with Crippen LogP contribution in [0, 0.1) is 0 Å². The highest BCUT2D eigenvalue weighted by molar-refractivity contribution is 5.71. The second-order valence-electron chi connectivity index (χ2n) is 2.90. The Bertz CT molecular complexity index is 139. The largest absolute Gasteiger partial charge is 0.462 e. The highest BCUT2D eigenvalue weighted by Crippen LogP contribution is 1.87. The highest BCUT2D eigenvalue weighted by atomic mass is 16.6. The molecule has 0 aromatic rings. The number of carbonyl (C=O) groups excluding carboxylic acids is 1. The van der Waals surface area contributed by atoms with Crippen LogP contribution in [0.4, 0.5) is 0 Å². The Morgan fingerprint density at radius 1 is 1.46 bits per heavy atom. The van der Waals surface area contributed by atoms with Crippen molar-refractivity contribution < 1.29 is 14.3 Å². The van der Waals surface area contributed by atoms with Gasteiger partial charge in [-0.15, -0.1) is 0 Å². The van der Waals surface area contributed by atoms with Gasteiger partial charge in [-0.1, -0.05) is 6.92 Å². The highest BCUT2D eigenvalue weighted by Gasteiger charge is 2.04. The normalized spacial score (nSPS) is 12.5. The summed E-state index contributed by atoms with van der Waals surface area (Å²) in [5, 5.41) is 3.04. The van der Waals surface area contributed by atoms with E-state index in [-0.39, 0.29) is 12.5 Å². The van der Waals surface area contributed by atoms with E-state index >= 15 is 0 Å². The van der Waals surface area contributed by atoms with Gasteiger partial charge >= 0.3 is 5.97 Å². The number of hydrogen-bond donors (Lipinski definition) is 1. The summed E-state index contributed by atoms with van der Waals surface area (Å²) in [6.07, 6.45) is 1.01. The van der Waals surface area contributed by atoms with Gasteiger partial charge in [0.2, 0.25) is 0 Å². The maximum atomic E-state index is 11.0. The third-order valence-electron chi connectivity index (χ3n) is 1.76. The van der Waals surface area contributed by atoms with Crippen LogP contribution >= 0.6 is 0 Å². The molecule has 1 atom stereocenters. The Hall–Kier alpha value is -0.610. The van der Waals surface area contributed by atoms with Gasteiger partial charge in [-0.3, -0.25) is 4.79 Å². The van der Waals surface area contributed by atoms with Gasteiger partial charge < -0.3 is 14.8 Å². The SMILES string of the molecule is CCC(C)NCC(=O)OCCOC. The number of methoxy groups -OCH3 is 1. The average molecular weight is 189 g/mol. The van der Waals surface area contributed by atoms with Gasteiger partial charge in [-0.25, -0.2) is 0 Å². The minimum absolute atomic E-state index is 0.225. The first-order chi connectivity index (χ1) is 6.20. The topological polar surface area (TPSA) is 47.6 Å². The molecule has 4 nitrogen and oxygen atoms in total. The summed E-state index contributed by atoms with van der Waals surface area (Å²) < 4.78 is 9.59. The van der Waals surface area contributed by atoms with Crippen LogP contribution in [0.3, 0.4) is 0 Å². The van der Waals surface area contributed by atoms with E-state index in [4.69, 9.17) is 9.47 Å². The summed E-state index contributed by atoms with van der Waals surface area (Å²) in [6, 6.07) is 0.356. The second kappa shape index (κ2) is 8.01. The summed E-state index contributed by atoms with van der Waals surface area (Å²) in [5.74, 6) is -0.225. The van der Waals surface area contributed by atoms with E-state index in [2.05, 4.69) is 12.2 Å². The number of esters is 1. The van der Waals surface area contributed by atoms with Crippen LogP contribution in [0.1, 0.15) is 20.3 Å². The van der Waals surface area contributed by atoms with Crippen molar-refractivity contribution in [3.05, 3.63) is 0 Å². The van der Waals surface area contributed by atoms with Gasteiger partial charge in [0.05, 0.1) is 13.2 Å². The van der Waals surface area contributed by atoms with E-state index in [0.717, 1.165) is 6.42 Å². The fourth-order valence-corrected chi connectivity index (χ4v) is 0.692. The van der Waals surface area contributed by atoms with Crippen molar-refractivity contribution in [1.29, 1.82) is 0 Å². The number of carbonyl (C=O) groups is 1. The molecule has 0 aromatic carbocycles. The maximum Gasteiger partial charge on any atom is 0.320 e. The lowest BCUT2D eigenvalue weighted by molar-refractivity contribution is -0.143. The standard InChI is InChI=1S/C9H19NO3/c1-4-8(2)10-7-9(11)13-6-5-12-3/h8,10H,4-7H2,1-3H3. The zero-order valence-electron chi connectivity index (χ0n) is 8.63. The van der Waals surface area contributed by atoms with Crippen LogP contribution in [0.2, 0.25) is 0 Å². The molecule has 1 unspecified atom stereocenters. The van der Waals surface area contributed by atoms with Gasteiger partial charge in [0.1, 0.15) is 6.61 Å². The van der Waals surface area contributed by atoms with Crippen molar-refractivity contribution in [1.82, 2.24) is 5.32 Å². The molecular formula is C9H19NO3. The first-order valence-electron chi connectivity index (χ1n) is 4.58. The van der Waals surface area contributed by atoms with Crippen molar-refractivity contribution >= 4 is 5.97 Å². The Morgan fingerprint density at radius 3 is 2.69 bits per heavy atom. The second-order valence-corrected chi connectivity index (χ2v) is 2.90. The fraction of sp³-hybridized carbons (Fsp3) is 0.889. The predicted molar refractivity (Wildman–Crippen MR) is 50.6 cm³/mol. The average Bonchev–Trinajstić information content (AvgIpc) is 2.14. The van der Waals surface area contributed by atoms with E-state index in [0.29, 0.717) is 19.3 Å². The van der Waals surface area contributed by atoms with Crippen molar-refractivity contribution in [2.45, 2.75) is 26.3 Å². The fourth-order valence-electron chi connectivity index (χ4n) is 0.692. The van der Waals surface area contributed by atoms with Crippen LogP contribution in [-0.4, -0.2) is 38.9 Å². The Labute approximate surface area is 79.6 Å². The Kier molecular flexibility index (Phi) is 7.63. The molecule has 0 fully saturated rings. The number of rotatable bonds is 7. The number of nitrogens with one attached hydrogen (secondary N) is 1. The Balaban J connectivity index is 3.30. The van der Waals surface area contributed by atoms with Gasteiger partial charge in [-0.05, 0) is 13.3 Å². The first kappa shape index (κ1) is 12.4. The molecule has 0 aliphatic carbocycles. The summed E-state index contributed by atoms with van der Waals surface area (Å²) >= 11 is 0. The molecule has 78 valence electrons. The molecule has 0 amide bonds. The zero-order valence-corrected chi connectivity index (χ0v) is 8.63. The molecule has 1 N–H and O–H groups in total. The molecule has 0 radical (unpaired) electrons. The maximum absolute atomic E-state index is 11.0. The molecule has 0 aliphatic heterocycles. The number of ether oxygens (including phenoxy) is 2. The monoisotopic (exact) mass is 189 g/mol. The lowest BCUT2D eigenvalue weighted by Crippen LogP contribution is -2.32. The molecule has 0 aliphatic rings. The molecule has 4 heteroatoms. The molecule has 13 heavy (non-hydrogen) atoms. The third-order valence-corrected chi connectivity index (χ3v) is 1.76. The van der Waals surface area contributed by atoms with Crippen molar-refractivity contribution in [3.63, 3.8) is 0 Å². The molecule has 0 rings (SSSR count). The quantitative estimate of drug-likeness (QED) is 0.469. The molecular weight excluding hydrogens is 170 g/mol. The lowest BCUT2D eigenvalue weighted by Gasteiger charge is -2.10. The van der Waals surface area contributed by atoms with E-state index in [1.54, 1.807) is 7.11 Å². The van der Waals surface area contributed by atoms with Gasteiger partial charge in [0, 0.05) is 13.2 Å². The van der Waals surface area contributed by atoms with Gasteiger partial charge in [0.15, 0.2) is 0 Å². The van der Waals surface area contributed by atoms with Crippen molar-refractivity contribution in [2.24, 2.45) is 0 Å². The zero-order chi connectivity index (χ0) is 10.1. The summed E-state index contributed by atoms with van der Waals surface area (Å²) in [4.78, 5) is 11.0. The van der Waals surface area contributed by atoms with Crippen LogP contribution in [0.5, 0.6) is 0 Å². The van der Waals surface area contributed by atoms with Crippen LogP contribution in [-0.2, 0) is 14.3 Å². The summed E-state index contributed by atoms with van der Waals surface area (Å²) in [6.45, 7) is 5.15. The van der Waals surface area contributed by atoms with Crippen LogP contribution in [0.25, 0.3) is 0 Å². The van der Waals surface area contributed by atoms with Crippen molar-refractivity contribution in [2.75, 3.05) is 26.9 Å². The van der Waals surface area contributed by atoms with E-state index in [9.17, 15) is 4.79 Å². The van der Waals surface area contributed by atoms with Crippen LogP contribution < -0.4 is 5.32 Å². The Morgan fingerprint density at radius 2 is 2.15 bits per heavy atom. The molecule has 0 spiro atoms. The van der Waals surface area contributed by atoms with E-state index in [1.807, 2.05) is 6.92 Å². The predicted octanol–water partition coefficient (Wildman–Crippen LogP) is 0.564. The third kappa shape index (κ3) is 7.74. The lowest BCUT2D eigenvalue weighted by atomic mass is 10.3. The minimum atomic E-state index is -0.225. The van der Waals surface area contributed by atoms with E-state index in [1.165, 1.54) is 0 Å². The summed E-state index contributed by atoms with van der Waals surface area (Å²) in [7, 11) is 1.57. The molecule has 0 bridgehead atoms. The smallest absolute Gasteiger partial charge is 0.320 e. The molecule has 0 aromatic heterocycles. The molecule has 0 saturated heterocycles. The van der Waals surface area contributed by atoms with Crippen molar-refractivity contribution in [3.8, 4) is 0 Å².